The van der Waals surface area contributed by atoms with Gasteiger partial charge in [0.25, 0.3) is 5.91 Å². The number of methoxy groups -OCH3 is 1. The van der Waals surface area contributed by atoms with E-state index in [1.54, 1.807) is 31.6 Å². The number of anilines is 1. The van der Waals surface area contributed by atoms with Gasteiger partial charge in [-0.3, -0.25) is 9.79 Å². The Morgan fingerprint density at radius 2 is 1.94 bits per heavy atom. The largest absolute Gasteiger partial charge is 0.495 e. The van der Waals surface area contributed by atoms with Crippen LogP contribution >= 0.6 is 0 Å². The van der Waals surface area contributed by atoms with Gasteiger partial charge in [-0.2, -0.15) is 0 Å². The number of amides is 1. The van der Waals surface area contributed by atoms with Crippen molar-refractivity contribution in [2.24, 2.45) is 4.99 Å². The molecular formula is C27H39N5O2. The number of carbonyl (C=O) groups is 1. The molecule has 0 aromatic heterocycles. The molecule has 184 valence electrons. The van der Waals surface area contributed by atoms with E-state index in [0.717, 1.165) is 37.4 Å². The Morgan fingerprint density at radius 3 is 2.56 bits per heavy atom. The van der Waals surface area contributed by atoms with E-state index in [0.29, 0.717) is 17.9 Å². The molecule has 34 heavy (non-hydrogen) atoms. The van der Waals surface area contributed by atoms with Crippen molar-refractivity contribution in [3.05, 3.63) is 71.6 Å². The van der Waals surface area contributed by atoms with Gasteiger partial charge in [0, 0.05) is 12.1 Å². The van der Waals surface area contributed by atoms with E-state index in [4.69, 9.17) is 4.74 Å². The van der Waals surface area contributed by atoms with Gasteiger partial charge in [-0.25, -0.2) is 0 Å². The van der Waals surface area contributed by atoms with Gasteiger partial charge >= 0.3 is 0 Å². The Kier molecular flexibility index (Phi) is 11.7. The number of nitrogens with one attached hydrogen (secondary N) is 3. The Hall–Kier alpha value is -3.32. The molecule has 1 unspecified atom stereocenters. The van der Waals surface area contributed by atoms with Gasteiger partial charge < -0.3 is 25.6 Å². The lowest BCUT2D eigenvalue weighted by Crippen LogP contribution is -2.28. The Morgan fingerprint density at radius 1 is 1.18 bits per heavy atom. The molecule has 1 aliphatic rings. The van der Waals surface area contributed by atoms with Gasteiger partial charge in [-0.15, -0.1) is 0 Å². The van der Waals surface area contributed by atoms with Crippen LogP contribution in [0.2, 0.25) is 0 Å². The molecular weight excluding hydrogens is 426 g/mol. The third kappa shape index (κ3) is 9.67. The zero-order chi connectivity index (χ0) is 24.8. The second-order valence-electron chi connectivity index (χ2n) is 8.35. The maximum atomic E-state index is 12.5. The monoisotopic (exact) mass is 465 g/mol. The molecule has 1 heterocycles. The lowest BCUT2D eigenvalue weighted by atomic mass is 10.1. The highest BCUT2D eigenvalue weighted by Gasteiger charge is 2.12. The van der Waals surface area contributed by atoms with Crippen LogP contribution in [0.15, 0.2) is 65.4 Å². The maximum absolute atomic E-state index is 12.5. The van der Waals surface area contributed by atoms with Gasteiger partial charge in [-0.1, -0.05) is 42.8 Å². The maximum Gasteiger partial charge on any atom is 0.251 e. The van der Waals surface area contributed by atoms with E-state index >= 15 is 0 Å². The van der Waals surface area contributed by atoms with E-state index < -0.39 is 0 Å². The fraction of sp³-hybridized carbons (Fsp3) is 0.407. The van der Waals surface area contributed by atoms with Crippen LogP contribution < -0.4 is 20.7 Å². The van der Waals surface area contributed by atoms with Gasteiger partial charge in [0.2, 0.25) is 0 Å². The third-order valence-electron chi connectivity index (χ3n) is 5.22. The number of hydrogen-bond acceptors (Lipinski definition) is 6. The van der Waals surface area contributed by atoms with E-state index in [2.05, 4.69) is 58.9 Å². The van der Waals surface area contributed by atoms with Crippen LogP contribution in [0.25, 0.3) is 0 Å². The van der Waals surface area contributed by atoms with Crippen molar-refractivity contribution in [3.8, 4) is 5.75 Å². The molecule has 0 saturated carbocycles. The van der Waals surface area contributed by atoms with Gasteiger partial charge in [0.05, 0.1) is 25.2 Å². The summed E-state index contributed by atoms with van der Waals surface area (Å²) in [7, 11) is 3.71. The topological polar surface area (TPSA) is 78.0 Å². The van der Waals surface area contributed by atoms with Crippen LogP contribution in [0, 0.1) is 6.92 Å². The summed E-state index contributed by atoms with van der Waals surface area (Å²) in [5.74, 6) is 1.40. The van der Waals surface area contributed by atoms with E-state index in [1.165, 1.54) is 5.56 Å². The zero-order valence-electron chi connectivity index (χ0n) is 21.1. The second kappa shape index (κ2) is 14.8. The van der Waals surface area contributed by atoms with E-state index in [1.807, 2.05) is 31.2 Å². The lowest BCUT2D eigenvalue weighted by Gasteiger charge is -2.18. The average molecular weight is 466 g/mol. The first-order chi connectivity index (χ1) is 16.4. The van der Waals surface area contributed by atoms with Crippen LogP contribution in [0.3, 0.4) is 0 Å². The van der Waals surface area contributed by atoms with Crippen LogP contribution in [0.4, 0.5) is 5.69 Å². The fourth-order valence-corrected chi connectivity index (χ4v) is 3.41. The highest BCUT2D eigenvalue weighted by Crippen LogP contribution is 2.26. The summed E-state index contributed by atoms with van der Waals surface area (Å²) in [5, 5.41) is 9.31. The Labute approximate surface area is 204 Å². The average Bonchev–Trinajstić information content (AvgIpc) is 2.83. The highest BCUT2D eigenvalue weighted by atomic mass is 16.5. The minimum absolute atomic E-state index is 0.0839. The number of ether oxygens (including phenoxy) is 1. The number of aliphatic imine (C=N–C) groups is 1. The van der Waals surface area contributed by atoms with E-state index in [9.17, 15) is 4.79 Å². The third-order valence-corrected chi connectivity index (χ3v) is 5.22. The van der Waals surface area contributed by atoms with Crippen molar-refractivity contribution < 1.29 is 9.53 Å². The van der Waals surface area contributed by atoms with Gasteiger partial charge in [0.1, 0.15) is 11.6 Å². The van der Waals surface area contributed by atoms with Gasteiger partial charge in [-0.05, 0) is 71.1 Å². The molecule has 1 aliphatic heterocycles. The molecule has 3 rings (SSSR count). The molecule has 1 atom stereocenters. The summed E-state index contributed by atoms with van der Waals surface area (Å²) >= 11 is 0. The van der Waals surface area contributed by atoms with Crippen molar-refractivity contribution in [2.75, 3.05) is 39.1 Å². The normalized spacial score (nSPS) is 14.4. The molecule has 7 nitrogen and oxygen atoms in total. The molecule has 0 bridgehead atoms. The zero-order valence-corrected chi connectivity index (χ0v) is 21.1. The van der Waals surface area contributed by atoms with Crippen molar-refractivity contribution in [1.29, 1.82) is 0 Å². The standard InChI is InChI=1S/C20H31N5O2.C7H8/c1-5-10-25(3)11-6-9-21-20(26)16-7-8-18(27-4)17(13-16)24-19-12-15(2)22-14-23-19;1-7-5-3-2-4-6-7/h7-8,12-15,24H,5-6,9-11H2,1-4H3,(H,21,26)(H,22,23);2-6H,1H3. The molecule has 0 spiro atoms. The summed E-state index contributed by atoms with van der Waals surface area (Å²) in [4.78, 5) is 19.0. The number of rotatable bonds is 10. The first-order valence-corrected chi connectivity index (χ1v) is 11.9. The molecule has 0 saturated heterocycles. The van der Waals surface area contributed by atoms with Crippen molar-refractivity contribution >= 4 is 17.9 Å². The molecule has 0 aliphatic carbocycles. The number of hydrogen-bond donors (Lipinski definition) is 3. The number of aryl methyl sites for hydroxylation is 1. The van der Waals surface area contributed by atoms with Crippen LogP contribution in [-0.4, -0.2) is 57.0 Å². The van der Waals surface area contributed by atoms with Crippen LogP contribution in [-0.2, 0) is 0 Å². The van der Waals surface area contributed by atoms with Crippen molar-refractivity contribution in [3.63, 3.8) is 0 Å². The van der Waals surface area contributed by atoms with Crippen LogP contribution in [0.1, 0.15) is 42.6 Å². The molecule has 2 aromatic carbocycles. The second-order valence-corrected chi connectivity index (χ2v) is 8.35. The smallest absolute Gasteiger partial charge is 0.251 e. The molecule has 2 aromatic rings. The van der Waals surface area contributed by atoms with Crippen molar-refractivity contribution in [1.82, 2.24) is 15.5 Å². The lowest BCUT2D eigenvalue weighted by molar-refractivity contribution is 0.0952. The Balaban J connectivity index is 0.000000497. The molecule has 0 fully saturated rings. The predicted octanol–water partition coefficient (Wildman–Crippen LogP) is 4.43. The fourth-order valence-electron chi connectivity index (χ4n) is 3.41. The van der Waals surface area contributed by atoms with Crippen LogP contribution in [0.5, 0.6) is 5.75 Å². The van der Waals surface area contributed by atoms with Gasteiger partial charge in [0.15, 0.2) is 0 Å². The first kappa shape index (κ1) is 26.9. The summed E-state index contributed by atoms with van der Waals surface area (Å²) < 4.78 is 5.41. The quantitative estimate of drug-likeness (QED) is 0.453. The highest BCUT2D eigenvalue weighted by molar-refractivity contribution is 5.95. The van der Waals surface area contributed by atoms with E-state index in [-0.39, 0.29) is 11.9 Å². The molecule has 1 amide bonds. The number of carbonyl (C=O) groups excluding carboxylic acids is 1. The Bertz CT molecular complexity index is 943. The molecule has 3 N–H and O–H groups in total. The summed E-state index contributed by atoms with van der Waals surface area (Å²) in [6.07, 6.45) is 5.70. The number of benzene rings is 2. The van der Waals surface area contributed by atoms with Crippen molar-refractivity contribution in [2.45, 2.75) is 39.7 Å². The minimum atomic E-state index is -0.0839. The summed E-state index contributed by atoms with van der Waals surface area (Å²) in [5.41, 5.74) is 2.65. The molecule has 0 radical (unpaired) electrons. The molecule has 7 heteroatoms. The summed E-state index contributed by atoms with van der Waals surface area (Å²) in [6, 6.07) is 15.7. The minimum Gasteiger partial charge on any atom is -0.495 e. The number of nitrogens with zero attached hydrogens (tertiary/aromatic N) is 2. The SMILES string of the molecule is CCCN(C)CCCNC(=O)c1ccc(OC)c(NC2=CC(C)N=CN2)c1.Cc1ccccc1. The first-order valence-electron chi connectivity index (χ1n) is 11.9. The predicted molar refractivity (Wildman–Crippen MR) is 142 cm³/mol. The summed E-state index contributed by atoms with van der Waals surface area (Å²) in [6.45, 7) is 8.96.